The fraction of sp³-hybridized carbons (Fsp3) is 0.880. The third-order valence-corrected chi connectivity index (χ3v) is 10.3. The maximum absolute atomic E-state index is 12.8. The molecule has 7 heteroatoms. The van der Waals surface area contributed by atoms with E-state index in [0.717, 1.165) is 32.1 Å². The summed E-state index contributed by atoms with van der Waals surface area (Å²) in [5, 5.41) is 10.4. The Labute approximate surface area is 189 Å². The van der Waals surface area contributed by atoms with Gasteiger partial charge in [-0.3, -0.25) is 14.4 Å². The molecule has 4 saturated carbocycles. The molecular weight excluding hydrogens is 412 g/mol. The number of carbonyl (C=O) groups excluding carboxylic acids is 3. The van der Waals surface area contributed by atoms with Crippen LogP contribution < -0.4 is 0 Å². The van der Waals surface area contributed by atoms with Gasteiger partial charge in [-0.05, 0) is 63.2 Å². The minimum Gasteiger partial charge on any atom is -0.458 e. The first-order chi connectivity index (χ1) is 14.9. The second-order valence-electron chi connectivity index (χ2n) is 11.6. The molecule has 0 aromatic heterocycles. The van der Waals surface area contributed by atoms with Crippen molar-refractivity contribution < 1.29 is 33.7 Å². The molecular formula is C25H36O7. The van der Waals surface area contributed by atoms with Gasteiger partial charge in [0.15, 0.2) is 0 Å². The van der Waals surface area contributed by atoms with Crippen molar-refractivity contribution in [2.45, 2.75) is 109 Å². The highest BCUT2D eigenvalue weighted by Crippen LogP contribution is 2.81. The molecule has 7 nitrogen and oxygen atoms in total. The summed E-state index contributed by atoms with van der Waals surface area (Å²) in [7, 11) is 0. The summed E-state index contributed by atoms with van der Waals surface area (Å²) in [6.45, 7) is 8.62. The SMILES string of the molecule is CC(=O)O[C@H]1[C@H](OC(C)=O)[C@@]2(C)[C@@H](C(C)=O)CC[C@]23O[C@@]32CC[C@@H]3C[C@H](O)CC[C@@]3(C)[C@H]12. The Morgan fingerprint density at radius 1 is 0.938 bits per heavy atom. The number of Topliss-reactive ketones (excluding diaryl/α,β-unsaturated/α-hetero) is 1. The summed E-state index contributed by atoms with van der Waals surface area (Å²) in [6.07, 6.45) is 3.69. The van der Waals surface area contributed by atoms with Gasteiger partial charge >= 0.3 is 11.9 Å². The molecule has 0 aromatic carbocycles. The molecule has 0 amide bonds. The van der Waals surface area contributed by atoms with Crippen LogP contribution in [0.25, 0.3) is 0 Å². The van der Waals surface area contributed by atoms with Gasteiger partial charge in [-0.25, -0.2) is 0 Å². The first kappa shape index (κ1) is 22.3. The van der Waals surface area contributed by atoms with Crippen molar-refractivity contribution in [1.82, 2.24) is 0 Å². The fourth-order valence-corrected chi connectivity index (χ4v) is 9.11. The lowest BCUT2D eigenvalue weighted by Gasteiger charge is -2.61. The van der Waals surface area contributed by atoms with E-state index < -0.39 is 40.8 Å². The van der Waals surface area contributed by atoms with Gasteiger partial charge in [0.05, 0.1) is 6.10 Å². The number of fused-ring (bicyclic) bond motifs is 2. The van der Waals surface area contributed by atoms with Crippen LogP contribution in [0.1, 0.15) is 79.6 Å². The van der Waals surface area contributed by atoms with Gasteiger partial charge in [-0.2, -0.15) is 0 Å². The van der Waals surface area contributed by atoms with Crippen LogP contribution in [0.4, 0.5) is 0 Å². The van der Waals surface area contributed by atoms with Crippen LogP contribution in [0.15, 0.2) is 0 Å². The number of esters is 2. The molecule has 0 radical (unpaired) electrons. The van der Waals surface area contributed by atoms with Crippen LogP contribution >= 0.6 is 0 Å². The van der Waals surface area contributed by atoms with E-state index in [1.807, 2.05) is 6.92 Å². The number of aliphatic hydroxyl groups excluding tert-OH is 1. The average Bonchev–Trinajstić information content (AvgIpc) is 3.23. The van der Waals surface area contributed by atoms with Gasteiger partial charge < -0.3 is 19.3 Å². The molecule has 1 N–H and O–H groups in total. The molecule has 1 heterocycles. The lowest BCUT2D eigenvalue weighted by Crippen LogP contribution is -2.70. The molecule has 0 bridgehead atoms. The maximum atomic E-state index is 12.8. The lowest BCUT2D eigenvalue weighted by molar-refractivity contribution is -0.224. The molecule has 4 aliphatic carbocycles. The van der Waals surface area contributed by atoms with Crippen molar-refractivity contribution in [3.8, 4) is 0 Å². The fourth-order valence-electron chi connectivity index (χ4n) is 9.11. The highest BCUT2D eigenvalue weighted by Gasteiger charge is 2.91. The third kappa shape index (κ3) is 2.53. The van der Waals surface area contributed by atoms with E-state index in [0.29, 0.717) is 12.8 Å². The third-order valence-electron chi connectivity index (χ3n) is 10.3. The number of rotatable bonds is 3. The van der Waals surface area contributed by atoms with Crippen LogP contribution in [0.2, 0.25) is 0 Å². The summed E-state index contributed by atoms with van der Waals surface area (Å²) >= 11 is 0. The van der Waals surface area contributed by atoms with Gasteiger partial charge in [0.1, 0.15) is 29.2 Å². The largest absolute Gasteiger partial charge is 0.458 e. The minimum atomic E-state index is -0.751. The second kappa shape index (κ2) is 6.78. The molecule has 1 aliphatic heterocycles. The second-order valence-corrected chi connectivity index (χ2v) is 11.6. The average molecular weight is 449 g/mol. The Hall–Kier alpha value is -1.47. The summed E-state index contributed by atoms with van der Waals surface area (Å²) in [5.74, 6) is -0.973. The Balaban J connectivity index is 1.69. The van der Waals surface area contributed by atoms with Crippen molar-refractivity contribution >= 4 is 17.7 Å². The summed E-state index contributed by atoms with van der Waals surface area (Å²) < 4.78 is 18.9. The standard InChI is InChI=1S/C25H36O7/c1-13(26)18-8-11-25-23(18,5)21(31-15(3)28)19(30-14(2)27)20-22(4)9-7-17(29)12-16(22)6-10-24(20,25)32-25/h16-21,29H,6-12H2,1-5H3/t16-,17-,18-,19-,20+,21+,22-,23-,24-,25+/m1/s1. The van der Waals surface area contributed by atoms with Crippen LogP contribution in [0.5, 0.6) is 0 Å². The Kier molecular flexibility index (Phi) is 4.73. The zero-order valence-corrected chi connectivity index (χ0v) is 19.8. The molecule has 1 saturated heterocycles. The van der Waals surface area contributed by atoms with Crippen molar-refractivity contribution in [1.29, 1.82) is 0 Å². The number of carbonyl (C=O) groups is 3. The van der Waals surface area contributed by atoms with E-state index >= 15 is 0 Å². The van der Waals surface area contributed by atoms with Gasteiger partial charge in [0, 0.05) is 31.1 Å². The predicted molar refractivity (Wildman–Crippen MR) is 113 cm³/mol. The van der Waals surface area contributed by atoms with Crippen LogP contribution in [0, 0.1) is 28.6 Å². The maximum Gasteiger partial charge on any atom is 0.303 e. The first-order valence-electron chi connectivity index (χ1n) is 12.2. The predicted octanol–water partition coefficient (Wildman–Crippen LogP) is 2.95. The Morgan fingerprint density at radius 3 is 2.25 bits per heavy atom. The van der Waals surface area contributed by atoms with Crippen LogP contribution in [0.3, 0.4) is 0 Å². The molecule has 178 valence electrons. The monoisotopic (exact) mass is 448 g/mol. The summed E-state index contributed by atoms with van der Waals surface area (Å²) in [4.78, 5) is 37.4. The molecule has 0 aromatic rings. The molecule has 5 fully saturated rings. The number of aliphatic hydroxyl groups is 1. The van der Waals surface area contributed by atoms with E-state index in [2.05, 4.69) is 6.92 Å². The zero-order valence-electron chi connectivity index (χ0n) is 19.8. The van der Waals surface area contributed by atoms with E-state index in [1.54, 1.807) is 6.92 Å². The highest BCUT2D eigenvalue weighted by atomic mass is 16.7. The molecule has 5 rings (SSSR count). The lowest BCUT2D eigenvalue weighted by atomic mass is 9.43. The topological polar surface area (TPSA) is 102 Å². The first-order valence-corrected chi connectivity index (χ1v) is 12.2. The number of ketones is 1. The van der Waals surface area contributed by atoms with Crippen LogP contribution in [-0.4, -0.2) is 52.3 Å². The molecule has 0 unspecified atom stereocenters. The number of hydrogen-bond donors (Lipinski definition) is 1. The zero-order chi connectivity index (χ0) is 23.3. The Morgan fingerprint density at radius 2 is 1.62 bits per heavy atom. The van der Waals surface area contributed by atoms with E-state index in [9.17, 15) is 19.5 Å². The van der Waals surface area contributed by atoms with E-state index in [4.69, 9.17) is 14.2 Å². The highest BCUT2D eigenvalue weighted by molar-refractivity contribution is 5.81. The minimum absolute atomic E-state index is 0.0629. The van der Waals surface area contributed by atoms with Crippen molar-refractivity contribution in [3.63, 3.8) is 0 Å². The summed E-state index contributed by atoms with van der Waals surface area (Å²) in [5.41, 5.74) is -2.01. The summed E-state index contributed by atoms with van der Waals surface area (Å²) in [6, 6.07) is 0. The number of epoxide rings is 1. The number of hydrogen-bond acceptors (Lipinski definition) is 7. The Bertz CT molecular complexity index is 870. The molecule has 32 heavy (non-hydrogen) atoms. The molecule has 10 atom stereocenters. The van der Waals surface area contributed by atoms with Gasteiger partial charge in [-0.15, -0.1) is 0 Å². The normalized spacial score (nSPS) is 53.2. The van der Waals surface area contributed by atoms with E-state index in [1.165, 1.54) is 13.8 Å². The quantitative estimate of drug-likeness (QED) is 0.523. The molecule has 2 spiro atoms. The van der Waals surface area contributed by atoms with Crippen molar-refractivity contribution in [3.05, 3.63) is 0 Å². The van der Waals surface area contributed by atoms with Crippen molar-refractivity contribution in [2.75, 3.05) is 0 Å². The molecule has 5 aliphatic rings. The van der Waals surface area contributed by atoms with Gasteiger partial charge in [0.25, 0.3) is 0 Å². The number of ether oxygens (including phenoxy) is 3. The smallest absolute Gasteiger partial charge is 0.303 e. The van der Waals surface area contributed by atoms with E-state index in [-0.39, 0.29) is 35.1 Å². The van der Waals surface area contributed by atoms with Gasteiger partial charge in [0.2, 0.25) is 0 Å². The van der Waals surface area contributed by atoms with Gasteiger partial charge in [-0.1, -0.05) is 13.8 Å². The van der Waals surface area contributed by atoms with Crippen LogP contribution in [-0.2, 0) is 28.6 Å². The van der Waals surface area contributed by atoms with Crippen molar-refractivity contribution in [2.24, 2.45) is 28.6 Å².